The fraction of sp³-hybridized carbons (Fsp3) is 0.500. The predicted molar refractivity (Wildman–Crippen MR) is 37.9 cm³/mol. The summed E-state index contributed by atoms with van der Waals surface area (Å²) in [6.07, 6.45) is 0. The van der Waals surface area contributed by atoms with Gasteiger partial charge in [0.2, 0.25) is 5.91 Å². The molecule has 0 aromatic carbocycles. The van der Waals surface area contributed by atoms with Crippen molar-refractivity contribution >= 4 is 22.1 Å². The van der Waals surface area contributed by atoms with Gasteiger partial charge in [0, 0.05) is 13.8 Å². The second kappa shape index (κ2) is 3.50. The van der Waals surface area contributed by atoms with Crippen molar-refractivity contribution in [2.24, 2.45) is 0 Å². The highest BCUT2D eigenvalue weighted by Gasteiger charge is 2.22. The number of nitrogens with one attached hydrogen (secondary N) is 1. The van der Waals surface area contributed by atoms with Gasteiger partial charge in [0.25, 0.3) is 5.91 Å². The maximum atomic E-state index is 10.5. The summed E-state index contributed by atoms with van der Waals surface area (Å²) in [4.78, 5) is 20.8. The SMILES string of the molecule is CC(=O)NN(C(C)=O)S(=O)(=O)O. The van der Waals surface area contributed by atoms with Gasteiger partial charge in [-0.1, -0.05) is 0 Å². The maximum absolute atomic E-state index is 10.5. The lowest BCUT2D eigenvalue weighted by Gasteiger charge is -2.15. The molecule has 2 amide bonds. The van der Waals surface area contributed by atoms with E-state index >= 15 is 0 Å². The highest BCUT2D eigenvalue weighted by atomic mass is 32.2. The first kappa shape index (κ1) is 10.8. The van der Waals surface area contributed by atoms with Crippen molar-refractivity contribution in [3.8, 4) is 0 Å². The Morgan fingerprint density at radius 3 is 1.83 bits per heavy atom. The van der Waals surface area contributed by atoms with Crippen molar-refractivity contribution in [3.05, 3.63) is 0 Å². The molecule has 12 heavy (non-hydrogen) atoms. The van der Waals surface area contributed by atoms with Gasteiger partial charge in [-0.25, -0.2) is 5.43 Å². The molecule has 70 valence electrons. The van der Waals surface area contributed by atoms with Gasteiger partial charge >= 0.3 is 10.3 Å². The van der Waals surface area contributed by atoms with Crippen LogP contribution in [0.2, 0.25) is 0 Å². The Balaban J connectivity index is 4.70. The molecule has 0 rings (SSSR count). The minimum Gasteiger partial charge on any atom is -0.274 e. The molecule has 0 bridgehead atoms. The smallest absolute Gasteiger partial charge is 0.274 e. The van der Waals surface area contributed by atoms with Crippen LogP contribution < -0.4 is 5.43 Å². The highest BCUT2D eigenvalue weighted by Crippen LogP contribution is 1.92. The standard InChI is InChI=1S/C4H8N2O5S/c1-3(7)5-6(4(2)8)12(9,10)11/h1-2H3,(H,5,7)(H,9,10,11). The summed E-state index contributed by atoms with van der Waals surface area (Å²) in [5, 5.41) is 0. The van der Waals surface area contributed by atoms with E-state index in [9.17, 15) is 18.0 Å². The van der Waals surface area contributed by atoms with E-state index in [0.717, 1.165) is 13.8 Å². The minimum atomic E-state index is -4.71. The maximum Gasteiger partial charge on any atom is 0.380 e. The van der Waals surface area contributed by atoms with Crippen LogP contribution in [0.15, 0.2) is 0 Å². The molecule has 0 aromatic rings. The van der Waals surface area contributed by atoms with Crippen molar-refractivity contribution in [3.63, 3.8) is 0 Å². The van der Waals surface area contributed by atoms with Crippen LogP contribution in [0.1, 0.15) is 13.8 Å². The summed E-state index contributed by atoms with van der Waals surface area (Å²) < 4.78 is 28.9. The van der Waals surface area contributed by atoms with Gasteiger partial charge in [0.15, 0.2) is 0 Å². The predicted octanol–water partition coefficient (Wildman–Crippen LogP) is -1.31. The normalized spacial score (nSPS) is 10.6. The lowest BCUT2D eigenvalue weighted by Crippen LogP contribution is -2.47. The van der Waals surface area contributed by atoms with Crippen molar-refractivity contribution < 1.29 is 22.6 Å². The lowest BCUT2D eigenvalue weighted by molar-refractivity contribution is -0.133. The van der Waals surface area contributed by atoms with Gasteiger partial charge in [-0.2, -0.15) is 8.42 Å². The molecule has 0 unspecified atom stereocenters. The molecule has 0 heterocycles. The molecule has 0 atom stereocenters. The number of nitrogens with zero attached hydrogens (tertiary/aromatic N) is 1. The van der Waals surface area contributed by atoms with Crippen LogP contribution in [-0.2, 0) is 19.9 Å². The zero-order valence-corrected chi connectivity index (χ0v) is 7.25. The average molecular weight is 196 g/mol. The summed E-state index contributed by atoms with van der Waals surface area (Å²) in [6, 6.07) is 0. The molecule has 0 aliphatic carbocycles. The van der Waals surface area contributed by atoms with Gasteiger partial charge in [-0.05, 0) is 0 Å². The zero-order valence-electron chi connectivity index (χ0n) is 6.44. The molecule has 2 N–H and O–H groups in total. The molecule has 0 aromatic heterocycles. The third kappa shape index (κ3) is 3.30. The second-order valence-corrected chi connectivity index (χ2v) is 3.19. The molecule has 0 aliphatic heterocycles. The third-order valence-electron chi connectivity index (χ3n) is 0.776. The molecule has 0 radical (unpaired) electrons. The van der Waals surface area contributed by atoms with Gasteiger partial charge in [0.1, 0.15) is 0 Å². The summed E-state index contributed by atoms with van der Waals surface area (Å²) >= 11 is 0. The molecule has 0 aliphatic rings. The first-order valence-electron chi connectivity index (χ1n) is 2.80. The van der Waals surface area contributed by atoms with Crippen LogP contribution in [0.3, 0.4) is 0 Å². The van der Waals surface area contributed by atoms with Crippen molar-refractivity contribution in [1.29, 1.82) is 0 Å². The van der Waals surface area contributed by atoms with E-state index in [4.69, 9.17) is 4.55 Å². The number of amides is 2. The van der Waals surface area contributed by atoms with Gasteiger partial charge in [0.05, 0.1) is 0 Å². The Morgan fingerprint density at radius 2 is 1.75 bits per heavy atom. The van der Waals surface area contributed by atoms with E-state index in [1.54, 1.807) is 5.43 Å². The first-order chi connectivity index (χ1) is 5.25. The Bertz CT molecular complexity index is 295. The lowest BCUT2D eigenvalue weighted by atomic mass is 10.7. The number of carbonyl (C=O) groups is 2. The Labute approximate surface area is 69.2 Å². The highest BCUT2D eigenvalue weighted by molar-refractivity contribution is 7.83. The van der Waals surface area contributed by atoms with E-state index in [0.29, 0.717) is 0 Å². The molecule has 0 fully saturated rings. The van der Waals surface area contributed by atoms with Gasteiger partial charge < -0.3 is 0 Å². The summed E-state index contributed by atoms with van der Waals surface area (Å²) in [6.45, 7) is 1.88. The monoisotopic (exact) mass is 196 g/mol. The summed E-state index contributed by atoms with van der Waals surface area (Å²) in [5.41, 5.74) is 1.63. The number of hydrazine groups is 1. The average Bonchev–Trinajstić information content (AvgIpc) is 1.79. The Morgan fingerprint density at radius 1 is 1.33 bits per heavy atom. The van der Waals surface area contributed by atoms with E-state index in [2.05, 4.69) is 0 Å². The molecule has 0 spiro atoms. The third-order valence-corrected chi connectivity index (χ3v) is 1.59. The van der Waals surface area contributed by atoms with Crippen LogP contribution in [0.25, 0.3) is 0 Å². The van der Waals surface area contributed by atoms with E-state index < -0.39 is 22.1 Å². The molecule has 8 heteroatoms. The van der Waals surface area contributed by atoms with E-state index in [1.165, 1.54) is 0 Å². The van der Waals surface area contributed by atoms with Gasteiger partial charge in [-0.15, -0.1) is 4.41 Å². The molecule has 0 saturated heterocycles. The molecule has 7 nitrogen and oxygen atoms in total. The topological polar surface area (TPSA) is 104 Å². The molecule has 0 saturated carbocycles. The van der Waals surface area contributed by atoms with Crippen molar-refractivity contribution in [2.45, 2.75) is 13.8 Å². The largest absolute Gasteiger partial charge is 0.380 e. The quantitative estimate of drug-likeness (QED) is 0.400. The van der Waals surface area contributed by atoms with Crippen molar-refractivity contribution in [2.75, 3.05) is 0 Å². The number of carbonyl (C=O) groups excluding carboxylic acids is 2. The summed E-state index contributed by atoms with van der Waals surface area (Å²) in [7, 11) is -4.71. The Kier molecular flexibility index (Phi) is 3.16. The van der Waals surface area contributed by atoms with Crippen LogP contribution >= 0.6 is 0 Å². The van der Waals surface area contributed by atoms with Gasteiger partial charge in [-0.3, -0.25) is 14.1 Å². The fourth-order valence-corrected chi connectivity index (χ4v) is 1.01. The van der Waals surface area contributed by atoms with Crippen LogP contribution in [0.4, 0.5) is 0 Å². The number of hydrogen-bond acceptors (Lipinski definition) is 4. The first-order valence-corrected chi connectivity index (χ1v) is 4.20. The summed E-state index contributed by atoms with van der Waals surface area (Å²) in [5.74, 6) is -1.78. The van der Waals surface area contributed by atoms with Crippen molar-refractivity contribution in [1.82, 2.24) is 9.84 Å². The van der Waals surface area contributed by atoms with E-state index in [-0.39, 0.29) is 4.41 Å². The Hall–Kier alpha value is -1.15. The number of hydrogen-bond donors (Lipinski definition) is 2. The fourth-order valence-electron chi connectivity index (χ4n) is 0.442. The van der Waals surface area contributed by atoms with Crippen LogP contribution in [0, 0.1) is 0 Å². The molecular formula is C4H8N2O5S. The van der Waals surface area contributed by atoms with Crippen LogP contribution in [-0.4, -0.2) is 29.2 Å². The minimum absolute atomic E-state index is 0.157. The van der Waals surface area contributed by atoms with Crippen LogP contribution in [0.5, 0.6) is 0 Å². The molecular weight excluding hydrogens is 188 g/mol. The van der Waals surface area contributed by atoms with E-state index in [1.807, 2.05) is 0 Å². The zero-order chi connectivity index (χ0) is 9.94. The number of rotatable bonds is 1. The second-order valence-electron chi connectivity index (χ2n) is 1.93.